The van der Waals surface area contributed by atoms with Gasteiger partial charge in [-0.2, -0.15) is 0 Å². The molecule has 2 aliphatic carbocycles. The summed E-state index contributed by atoms with van der Waals surface area (Å²) in [6, 6.07) is 3.27. The molecule has 2 fully saturated rings. The number of nitro groups is 1. The Hall–Kier alpha value is -0.447. The molecule has 0 aromatic heterocycles. The van der Waals surface area contributed by atoms with Gasteiger partial charge in [-0.1, -0.05) is 39.0 Å². The summed E-state index contributed by atoms with van der Waals surface area (Å²) in [6.07, 6.45) is 11.8. The molecule has 2 saturated carbocycles. The van der Waals surface area contributed by atoms with Crippen LogP contribution in [0.1, 0.15) is 81.8 Å². The number of halogens is 2. The molecule has 8 heteroatoms. The molecule has 0 spiro atoms. The molecule has 3 rings (SSSR count). The zero-order valence-electron chi connectivity index (χ0n) is 16.2. The molecule has 1 N–H and O–H groups in total. The normalized spacial score (nSPS) is 23.1. The van der Waals surface area contributed by atoms with Crippen LogP contribution in [0.4, 0.5) is 5.69 Å². The molecule has 2 atom stereocenters. The minimum absolute atomic E-state index is 0.0523. The van der Waals surface area contributed by atoms with Crippen molar-refractivity contribution in [2.45, 2.75) is 76.7 Å². The first kappa shape index (κ1) is 23.8. The van der Waals surface area contributed by atoms with Crippen LogP contribution >= 0.6 is 17.0 Å². The predicted molar refractivity (Wildman–Crippen MR) is 111 cm³/mol. The Morgan fingerprint density at radius 3 is 2.36 bits per heavy atom. The number of nitro benzene ring substituents is 1. The van der Waals surface area contributed by atoms with Crippen molar-refractivity contribution in [3.05, 3.63) is 33.4 Å². The minimum atomic E-state index is -0.826. The van der Waals surface area contributed by atoms with E-state index in [0.717, 1.165) is 37.7 Å². The number of phenols is 1. The number of hydrogen-bond donors (Lipinski definition) is 1. The van der Waals surface area contributed by atoms with Crippen LogP contribution in [0, 0.1) is 16.0 Å². The first-order valence-corrected chi connectivity index (χ1v) is 16.3. The molecule has 0 saturated heterocycles. The summed E-state index contributed by atoms with van der Waals surface area (Å²) in [7, 11) is 9.87. The van der Waals surface area contributed by atoms with E-state index in [4.69, 9.17) is 17.0 Å². The monoisotopic (exact) mass is 504 g/mol. The third-order valence-corrected chi connectivity index (χ3v) is 5.88. The molecular weight excluding hydrogens is 478 g/mol. The van der Waals surface area contributed by atoms with Crippen molar-refractivity contribution in [1.82, 2.24) is 0 Å². The van der Waals surface area contributed by atoms with E-state index in [1.807, 2.05) is 0 Å². The molecule has 2 aliphatic rings. The van der Waals surface area contributed by atoms with Gasteiger partial charge in [0.05, 0.1) is 11.0 Å². The predicted octanol–water partition coefficient (Wildman–Crippen LogP) is 6.72. The Morgan fingerprint density at radius 2 is 1.75 bits per heavy atom. The summed E-state index contributed by atoms with van der Waals surface area (Å²) in [4.78, 5) is 15.6. The molecule has 0 amide bonds. The summed E-state index contributed by atoms with van der Waals surface area (Å²) in [5.41, 5.74) is 1.27. The topological polar surface area (TPSA) is 75.7 Å². The molecule has 0 aliphatic heterocycles. The van der Waals surface area contributed by atoms with E-state index in [1.54, 1.807) is 12.3 Å². The molecule has 1 aromatic carbocycles. The fourth-order valence-electron chi connectivity index (χ4n) is 4.29. The summed E-state index contributed by atoms with van der Waals surface area (Å²) >= 11 is -0.826. The van der Waals surface area contributed by atoms with Crippen molar-refractivity contribution >= 4 is 28.9 Å². The second-order valence-corrected chi connectivity index (χ2v) is 11.5. The average molecular weight is 507 g/mol. The second-order valence-electron chi connectivity index (χ2n) is 7.74. The van der Waals surface area contributed by atoms with Crippen LogP contribution in [-0.2, 0) is 20.8 Å². The van der Waals surface area contributed by atoms with Gasteiger partial charge in [0.25, 0.3) is 5.69 Å². The van der Waals surface area contributed by atoms with Crippen LogP contribution in [-0.4, -0.2) is 22.3 Å². The number of aliphatic imine (C=N–C) groups is 1. The van der Waals surface area contributed by atoms with Crippen LogP contribution in [0.25, 0.3) is 0 Å². The van der Waals surface area contributed by atoms with Gasteiger partial charge in [-0.05, 0) is 37.5 Å². The maximum atomic E-state index is 11.3. The number of rotatable bonds is 4. The Kier molecular flexibility index (Phi) is 10.5. The summed E-state index contributed by atoms with van der Waals surface area (Å²) < 4.78 is 0. The Labute approximate surface area is 185 Å². The van der Waals surface area contributed by atoms with Crippen molar-refractivity contribution in [3.8, 4) is 5.75 Å². The van der Waals surface area contributed by atoms with Gasteiger partial charge in [0.2, 0.25) is 0 Å². The van der Waals surface area contributed by atoms with Gasteiger partial charge in [0.15, 0.2) is 0 Å². The van der Waals surface area contributed by atoms with Gasteiger partial charge in [0.1, 0.15) is 5.75 Å². The number of non-ortho nitro benzene ring substituents is 1. The molecular formula is C20H28Cl2N2O3Zr. The Bertz CT molecular complexity index is 682. The first-order valence-electron chi connectivity index (χ1n) is 9.98. The van der Waals surface area contributed by atoms with Gasteiger partial charge >= 0.3 is 37.9 Å². The van der Waals surface area contributed by atoms with E-state index in [9.17, 15) is 15.2 Å². The van der Waals surface area contributed by atoms with Crippen molar-refractivity contribution in [2.24, 2.45) is 10.9 Å². The quantitative estimate of drug-likeness (QED) is 0.280. The standard InChI is InChI=1S/C20H28N2O3.2ClH.Zr/c1-14-7-5-6-10-19(14)21-13-16-11-17(22(24)25)12-18(20(16)23)15-8-3-2-4-9-15;;;/h11-15,19,23H,2-10H2,1H3;2*1H;/q;;;+2/p-2. The number of aromatic hydroxyl groups is 1. The molecule has 0 radical (unpaired) electrons. The third kappa shape index (κ3) is 6.81. The summed E-state index contributed by atoms with van der Waals surface area (Å²) in [5.74, 6) is 0.933. The van der Waals surface area contributed by atoms with Crippen molar-refractivity contribution in [1.29, 1.82) is 0 Å². The van der Waals surface area contributed by atoms with Crippen LogP contribution in [0.5, 0.6) is 5.75 Å². The van der Waals surface area contributed by atoms with Gasteiger partial charge in [-0.3, -0.25) is 15.1 Å². The molecule has 0 heterocycles. The summed E-state index contributed by atoms with van der Waals surface area (Å²) in [5, 5.41) is 22.1. The van der Waals surface area contributed by atoms with Crippen molar-refractivity contribution < 1.29 is 30.9 Å². The second kappa shape index (κ2) is 12.3. The fraction of sp³-hybridized carbons (Fsp3) is 0.650. The van der Waals surface area contributed by atoms with E-state index in [-0.39, 0.29) is 28.3 Å². The van der Waals surface area contributed by atoms with E-state index >= 15 is 0 Å². The molecule has 2 unspecified atom stereocenters. The Balaban J connectivity index is 0.000000878. The van der Waals surface area contributed by atoms with Crippen molar-refractivity contribution in [3.63, 3.8) is 0 Å². The van der Waals surface area contributed by atoms with E-state index < -0.39 is 20.8 Å². The van der Waals surface area contributed by atoms with E-state index in [0.29, 0.717) is 11.5 Å². The van der Waals surface area contributed by atoms with Crippen molar-refractivity contribution in [2.75, 3.05) is 0 Å². The maximum absolute atomic E-state index is 11.3. The van der Waals surface area contributed by atoms with Gasteiger partial charge in [0, 0.05) is 29.5 Å². The van der Waals surface area contributed by atoms with Gasteiger partial charge in [-0.25, -0.2) is 0 Å². The Morgan fingerprint density at radius 1 is 1.14 bits per heavy atom. The first-order chi connectivity index (χ1) is 13.5. The average Bonchev–Trinajstić information content (AvgIpc) is 2.69. The summed E-state index contributed by atoms with van der Waals surface area (Å²) in [6.45, 7) is 2.21. The van der Waals surface area contributed by atoms with Gasteiger partial charge < -0.3 is 5.11 Å². The molecule has 5 nitrogen and oxygen atoms in total. The molecule has 28 heavy (non-hydrogen) atoms. The van der Waals surface area contributed by atoms with Gasteiger partial charge in [-0.15, -0.1) is 0 Å². The zero-order chi connectivity index (χ0) is 20.5. The van der Waals surface area contributed by atoms with Crippen LogP contribution in [0.2, 0.25) is 0 Å². The van der Waals surface area contributed by atoms with Crippen LogP contribution < -0.4 is 0 Å². The van der Waals surface area contributed by atoms with Crippen LogP contribution in [0.3, 0.4) is 0 Å². The number of nitrogens with zero attached hydrogens (tertiary/aromatic N) is 2. The molecule has 154 valence electrons. The SMILES string of the molecule is CC1CCCCC1N=Cc1cc([N+](=O)[O-])cc(C2CCCCC2)c1O.[Cl][Zr][Cl]. The third-order valence-electron chi connectivity index (χ3n) is 5.88. The van der Waals surface area contributed by atoms with E-state index in [1.165, 1.54) is 31.7 Å². The fourth-order valence-corrected chi connectivity index (χ4v) is 4.29. The molecule has 0 bridgehead atoms. The number of hydrogen-bond acceptors (Lipinski definition) is 4. The number of phenolic OH excluding ortho intramolecular Hbond substituents is 1. The number of benzene rings is 1. The van der Waals surface area contributed by atoms with Crippen LogP contribution in [0.15, 0.2) is 17.1 Å². The van der Waals surface area contributed by atoms with E-state index in [2.05, 4.69) is 11.9 Å². The zero-order valence-corrected chi connectivity index (χ0v) is 20.2. The molecule has 1 aromatic rings.